The summed E-state index contributed by atoms with van der Waals surface area (Å²) in [6.45, 7) is 7.30. The van der Waals surface area contributed by atoms with Crippen LogP contribution in [0, 0.1) is 0 Å². The van der Waals surface area contributed by atoms with Gasteiger partial charge in [-0.1, -0.05) is 0 Å². The number of ether oxygens (including phenoxy) is 1. The van der Waals surface area contributed by atoms with Crippen LogP contribution in [0.3, 0.4) is 0 Å². The van der Waals surface area contributed by atoms with Crippen LogP contribution >= 0.6 is 0 Å². The number of aryl methyl sites for hydroxylation is 1. The highest BCUT2D eigenvalue weighted by atomic mass is 16.5. The van der Waals surface area contributed by atoms with Gasteiger partial charge in [0.1, 0.15) is 11.9 Å². The smallest absolute Gasteiger partial charge is 0.255 e. The zero-order valence-electron chi connectivity index (χ0n) is 18.8. The van der Waals surface area contributed by atoms with E-state index in [2.05, 4.69) is 28.1 Å². The van der Waals surface area contributed by atoms with Crippen molar-refractivity contribution in [3.05, 3.63) is 45.4 Å². The number of aromatic nitrogens is 4. The Morgan fingerprint density at radius 3 is 2.81 bits per heavy atom. The second-order valence-corrected chi connectivity index (χ2v) is 9.14. The number of hydrogen-bond donors (Lipinski definition) is 1. The van der Waals surface area contributed by atoms with Crippen LogP contribution in [-0.4, -0.2) is 67.8 Å². The summed E-state index contributed by atoms with van der Waals surface area (Å²) in [5, 5.41) is 4.34. The van der Waals surface area contributed by atoms with Crippen molar-refractivity contribution in [2.75, 3.05) is 26.2 Å². The fraction of sp³-hybridized carbons (Fsp3) is 0.652. The number of likely N-dealkylation sites (tertiary alicyclic amines) is 1. The summed E-state index contributed by atoms with van der Waals surface area (Å²) in [5.74, 6) is 1.10. The van der Waals surface area contributed by atoms with E-state index in [0.29, 0.717) is 26.2 Å². The molecule has 0 bridgehead atoms. The lowest BCUT2D eigenvalue weighted by atomic mass is 9.94. The first-order valence-electron chi connectivity index (χ1n) is 11.9. The molecule has 2 fully saturated rings. The van der Waals surface area contributed by atoms with Crippen LogP contribution in [0.2, 0.25) is 0 Å². The molecule has 0 aromatic carbocycles. The number of hydrogen-bond acceptors (Lipinski definition) is 6. The molecule has 2 aromatic rings. The lowest BCUT2D eigenvalue weighted by Crippen LogP contribution is -2.43. The minimum absolute atomic E-state index is 0.0168. The second kappa shape index (κ2) is 9.15. The summed E-state index contributed by atoms with van der Waals surface area (Å²) in [6.07, 6.45) is 7.94. The van der Waals surface area contributed by atoms with Gasteiger partial charge in [0.25, 0.3) is 11.5 Å². The van der Waals surface area contributed by atoms with Crippen molar-refractivity contribution in [3.8, 4) is 0 Å². The third-order valence-electron chi connectivity index (χ3n) is 6.98. The van der Waals surface area contributed by atoms with Crippen LogP contribution in [0.5, 0.6) is 0 Å². The zero-order chi connectivity index (χ0) is 22.1. The summed E-state index contributed by atoms with van der Waals surface area (Å²) < 4.78 is 7.47. The van der Waals surface area contributed by atoms with Crippen LogP contribution in [0.4, 0.5) is 0 Å². The van der Waals surface area contributed by atoms with Gasteiger partial charge in [-0.05, 0) is 32.6 Å². The summed E-state index contributed by atoms with van der Waals surface area (Å²) in [5.41, 5.74) is 2.87. The molecule has 1 N–H and O–H groups in total. The molecule has 0 radical (unpaired) electrons. The van der Waals surface area contributed by atoms with Gasteiger partial charge >= 0.3 is 0 Å². The van der Waals surface area contributed by atoms with E-state index in [0.717, 1.165) is 68.8 Å². The van der Waals surface area contributed by atoms with Gasteiger partial charge in [0, 0.05) is 70.0 Å². The number of aromatic amines is 1. The molecule has 2 saturated heterocycles. The fourth-order valence-corrected chi connectivity index (χ4v) is 5.10. The average Bonchev–Trinajstić information content (AvgIpc) is 3.51. The van der Waals surface area contributed by atoms with Crippen molar-refractivity contribution in [2.45, 2.75) is 70.7 Å². The quantitative estimate of drug-likeness (QED) is 0.756. The lowest BCUT2D eigenvalue weighted by Gasteiger charge is -2.33. The number of piperidine rings is 1. The van der Waals surface area contributed by atoms with Gasteiger partial charge in [-0.3, -0.25) is 19.2 Å². The number of carbonyl (C=O) groups excluding carboxylic acids is 1. The molecule has 2 aromatic heterocycles. The maximum atomic E-state index is 12.9. The van der Waals surface area contributed by atoms with E-state index in [9.17, 15) is 9.59 Å². The number of nitrogens with zero attached hydrogens (tertiary/aromatic N) is 5. The molecule has 1 atom stereocenters. The molecular weight excluding hydrogens is 408 g/mol. The van der Waals surface area contributed by atoms with Crippen LogP contribution in [0.1, 0.15) is 61.2 Å². The third kappa shape index (κ3) is 4.36. The molecular formula is C23H32N6O3. The minimum atomic E-state index is -0.257. The Hall–Kier alpha value is -2.52. The average molecular weight is 441 g/mol. The van der Waals surface area contributed by atoms with Gasteiger partial charge in [-0.25, -0.2) is 4.98 Å². The molecule has 0 spiro atoms. The molecule has 9 nitrogen and oxygen atoms in total. The predicted molar refractivity (Wildman–Crippen MR) is 118 cm³/mol. The molecule has 1 amide bonds. The number of H-pyrrole nitrogens is 1. The number of rotatable bonds is 5. The van der Waals surface area contributed by atoms with Crippen molar-refractivity contribution in [3.63, 3.8) is 0 Å². The van der Waals surface area contributed by atoms with Crippen molar-refractivity contribution in [2.24, 2.45) is 0 Å². The molecule has 1 unspecified atom stereocenters. The molecule has 5 rings (SSSR count). The highest BCUT2D eigenvalue weighted by Crippen LogP contribution is 2.28. The van der Waals surface area contributed by atoms with Gasteiger partial charge in [0.15, 0.2) is 0 Å². The highest BCUT2D eigenvalue weighted by Gasteiger charge is 2.32. The minimum Gasteiger partial charge on any atom is -0.368 e. The molecule has 0 aliphatic carbocycles. The number of nitrogens with one attached hydrogen (secondary N) is 1. The SMILES string of the molecule is CCn1cc(CN2CCc3nc(C4CCN(C(=O)C5CCCO5)CC4)[nH]c(=O)c3C2)cn1. The second-order valence-electron chi connectivity index (χ2n) is 9.14. The van der Waals surface area contributed by atoms with Crippen LogP contribution < -0.4 is 5.56 Å². The van der Waals surface area contributed by atoms with Crippen molar-refractivity contribution >= 4 is 5.91 Å². The van der Waals surface area contributed by atoms with E-state index in [1.165, 1.54) is 5.56 Å². The van der Waals surface area contributed by atoms with Gasteiger partial charge in [-0.2, -0.15) is 5.10 Å². The molecule has 9 heteroatoms. The van der Waals surface area contributed by atoms with Crippen molar-refractivity contribution in [1.29, 1.82) is 0 Å². The number of carbonyl (C=O) groups is 1. The Kier molecular flexibility index (Phi) is 6.10. The van der Waals surface area contributed by atoms with Crippen molar-refractivity contribution < 1.29 is 9.53 Å². The lowest BCUT2D eigenvalue weighted by molar-refractivity contribution is -0.142. The highest BCUT2D eigenvalue weighted by molar-refractivity contribution is 5.81. The monoisotopic (exact) mass is 440 g/mol. The molecule has 0 saturated carbocycles. The molecule has 5 heterocycles. The fourth-order valence-electron chi connectivity index (χ4n) is 5.10. The molecule has 3 aliphatic rings. The number of fused-ring (bicyclic) bond motifs is 1. The zero-order valence-corrected chi connectivity index (χ0v) is 18.8. The maximum absolute atomic E-state index is 12.9. The van der Waals surface area contributed by atoms with E-state index >= 15 is 0 Å². The topological polar surface area (TPSA) is 96.4 Å². The Bertz CT molecular complexity index is 1020. The Morgan fingerprint density at radius 2 is 2.09 bits per heavy atom. The molecule has 3 aliphatic heterocycles. The standard InChI is InChI=1S/C23H32N6O3/c1-2-29-14-16(12-24-29)13-27-8-7-19-18(15-27)22(30)26-21(25-19)17-5-9-28(10-6-17)23(31)20-4-3-11-32-20/h12,14,17,20H,2-11,13,15H2,1H3,(H,25,26,30). The Morgan fingerprint density at radius 1 is 1.25 bits per heavy atom. The van der Waals surface area contributed by atoms with E-state index < -0.39 is 0 Å². The van der Waals surface area contributed by atoms with Crippen LogP contribution in [0.25, 0.3) is 0 Å². The summed E-state index contributed by atoms with van der Waals surface area (Å²) in [4.78, 5) is 37.6. The normalized spacial score (nSPS) is 22.3. The first-order valence-corrected chi connectivity index (χ1v) is 11.9. The van der Waals surface area contributed by atoms with Gasteiger partial charge in [0.05, 0.1) is 17.5 Å². The van der Waals surface area contributed by atoms with E-state index in [-0.39, 0.29) is 23.5 Å². The summed E-state index contributed by atoms with van der Waals surface area (Å²) >= 11 is 0. The van der Waals surface area contributed by atoms with E-state index in [4.69, 9.17) is 9.72 Å². The van der Waals surface area contributed by atoms with Gasteiger partial charge in [-0.15, -0.1) is 0 Å². The predicted octanol–water partition coefficient (Wildman–Crippen LogP) is 1.43. The van der Waals surface area contributed by atoms with E-state index in [1.807, 2.05) is 15.8 Å². The van der Waals surface area contributed by atoms with Crippen LogP contribution in [-0.2, 0) is 35.6 Å². The van der Waals surface area contributed by atoms with Crippen molar-refractivity contribution in [1.82, 2.24) is 29.5 Å². The maximum Gasteiger partial charge on any atom is 0.255 e. The van der Waals surface area contributed by atoms with Crippen LogP contribution in [0.15, 0.2) is 17.2 Å². The first-order chi connectivity index (χ1) is 15.6. The third-order valence-corrected chi connectivity index (χ3v) is 6.98. The summed E-state index contributed by atoms with van der Waals surface area (Å²) in [7, 11) is 0. The Balaban J connectivity index is 1.22. The van der Waals surface area contributed by atoms with Gasteiger partial charge < -0.3 is 14.6 Å². The molecule has 172 valence electrons. The largest absolute Gasteiger partial charge is 0.368 e. The first kappa shape index (κ1) is 21.3. The van der Waals surface area contributed by atoms with Gasteiger partial charge in [0.2, 0.25) is 0 Å². The number of amides is 1. The molecule has 32 heavy (non-hydrogen) atoms. The summed E-state index contributed by atoms with van der Waals surface area (Å²) in [6, 6.07) is 0. The van der Waals surface area contributed by atoms with E-state index in [1.54, 1.807) is 0 Å². The Labute approximate surface area is 187 Å².